The lowest BCUT2D eigenvalue weighted by Crippen LogP contribution is -2.55. The highest BCUT2D eigenvalue weighted by molar-refractivity contribution is 5.79. The van der Waals surface area contributed by atoms with Gasteiger partial charge in [-0.05, 0) is 68.4 Å². The van der Waals surface area contributed by atoms with E-state index in [-0.39, 0.29) is 37.0 Å². The fraction of sp³-hybridized carbons (Fsp3) is 0.567. The Labute approximate surface area is 229 Å². The number of ether oxygens (including phenoxy) is 3. The third-order valence-electron chi connectivity index (χ3n) is 7.91. The maximum atomic E-state index is 15.6. The molecular formula is C30H41FN2O6. The van der Waals surface area contributed by atoms with E-state index in [0.717, 1.165) is 0 Å². The van der Waals surface area contributed by atoms with Crippen LogP contribution in [0.1, 0.15) is 44.6 Å². The molecule has 0 aromatic heterocycles. The van der Waals surface area contributed by atoms with Crippen molar-refractivity contribution >= 4 is 5.91 Å². The fourth-order valence-electron chi connectivity index (χ4n) is 5.84. The molecule has 0 radical (unpaired) electrons. The molecule has 0 spiro atoms. The molecule has 1 aliphatic heterocycles. The summed E-state index contributed by atoms with van der Waals surface area (Å²) in [4.78, 5) is 15.1. The molecule has 1 saturated heterocycles. The van der Waals surface area contributed by atoms with E-state index >= 15 is 4.39 Å². The van der Waals surface area contributed by atoms with Gasteiger partial charge >= 0.3 is 0 Å². The van der Waals surface area contributed by atoms with Gasteiger partial charge in [0, 0.05) is 37.8 Å². The van der Waals surface area contributed by atoms with Gasteiger partial charge in [0.1, 0.15) is 23.3 Å². The van der Waals surface area contributed by atoms with Gasteiger partial charge in [-0.1, -0.05) is 24.3 Å². The number of unbranched alkanes of at least 4 members (excludes halogenated alkanes) is 1. The Balaban J connectivity index is 1.69. The summed E-state index contributed by atoms with van der Waals surface area (Å²) in [6.07, 6.45) is 0.871. The molecule has 1 heterocycles. The van der Waals surface area contributed by atoms with Crippen LogP contribution in [0.2, 0.25) is 0 Å². The van der Waals surface area contributed by atoms with E-state index in [1.54, 1.807) is 42.3 Å². The number of carbonyl (C=O) groups excluding carboxylic acids is 1. The van der Waals surface area contributed by atoms with Crippen LogP contribution in [0.5, 0.6) is 5.75 Å². The Morgan fingerprint density at radius 1 is 1.23 bits per heavy atom. The van der Waals surface area contributed by atoms with Crippen LogP contribution in [0.25, 0.3) is 11.1 Å². The number of nitrogens with two attached hydrogens (primary N) is 1. The highest BCUT2D eigenvalue weighted by Gasteiger charge is 2.46. The molecule has 39 heavy (non-hydrogen) atoms. The zero-order valence-corrected chi connectivity index (χ0v) is 22.9. The molecule has 8 nitrogen and oxygen atoms in total. The number of aliphatic hydroxyl groups excluding tert-OH is 1. The fourth-order valence-corrected chi connectivity index (χ4v) is 5.84. The largest absolute Gasteiger partial charge is 0.494 e. The predicted molar refractivity (Wildman–Crippen MR) is 146 cm³/mol. The minimum atomic E-state index is -1.59. The summed E-state index contributed by atoms with van der Waals surface area (Å²) in [5.41, 5.74) is 5.65. The van der Waals surface area contributed by atoms with Gasteiger partial charge in [0.2, 0.25) is 5.91 Å². The van der Waals surface area contributed by atoms with Crippen molar-refractivity contribution in [3.8, 4) is 16.9 Å². The van der Waals surface area contributed by atoms with E-state index < -0.39 is 29.7 Å². The maximum absolute atomic E-state index is 15.6. The lowest BCUT2D eigenvalue weighted by molar-refractivity contribution is -0.167. The molecule has 1 aliphatic carbocycles. The van der Waals surface area contributed by atoms with Crippen molar-refractivity contribution in [2.75, 3.05) is 40.0 Å². The monoisotopic (exact) mass is 544 g/mol. The molecule has 214 valence electrons. The number of hydrogen-bond acceptors (Lipinski definition) is 7. The van der Waals surface area contributed by atoms with Gasteiger partial charge in [-0.3, -0.25) is 4.79 Å². The smallest absolute Gasteiger partial charge is 0.226 e. The molecule has 1 unspecified atom stereocenters. The number of aliphatic hydroxyl groups is 2. The second kappa shape index (κ2) is 13.2. The number of methoxy groups -OCH3 is 1. The van der Waals surface area contributed by atoms with Gasteiger partial charge in [-0.25, -0.2) is 4.39 Å². The Bertz CT molecular complexity index is 1110. The number of hydrogen-bond donors (Lipinski definition) is 3. The summed E-state index contributed by atoms with van der Waals surface area (Å²) in [6.45, 7) is 3.65. The molecule has 2 aromatic rings. The molecule has 2 aliphatic rings. The summed E-state index contributed by atoms with van der Waals surface area (Å²) < 4.78 is 32.6. The van der Waals surface area contributed by atoms with E-state index in [1.165, 1.54) is 6.07 Å². The van der Waals surface area contributed by atoms with Crippen molar-refractivity contribution in [3.05, 3.63) is 53.8 Å². The number of rotatable bonds is 11. The van der Waals surface area contributed by atoms with Gasteiger partial charge < -0.3 is 35.1 Å². The zero-order valence-electron chi connectivity index (χ0n) is 22.9. The van der Waals surface area contributed by atoms with E-state index in [0.29, 0.717) is 62.3 Å². The molecule has 1 amide bonds. The van der Waals surface area contributed by atoms with Crippen molar-refractivity contribution in [1.29, 1.82) is 0 Å². The second-order valence-corrected chi connectivity index (χ2v) is 10.5. The lowest BCUT2D eigenvalue weighted by Gasteiger charge is -2.43. The van der Waals surface area contributed by atoms with Crippen molar-refractivity contribution in [2.45, 2.75) is 62.9 Å². The molecule has 4 N–H and O–H groups in total. The summed E-state index contributed by atoms with van der Waals surface area (Å²) in [6, 6.07) is 11.5. The Hall–Kier alpha value is -2.56. The van der Waals surface area contributed by atoms with Crippen LogP contribution in [0.15, 0.2) is 42.5 Å². The summed E-state index contributed by atoms with van der Waals surface area (Å²) in [7, 11) is 1.63. The Kier molecular flexibility index (Phi) is 9.96. The number of benzene rings is 2. The standard InChI is InChI=1S/C30H41FN2O6/c1-3-38-22-9-6-8-20(16-22)28-23(10-7-11-24(28)31)30(36,12-4-5-14-37-2)27-19-33(13-15-39-27)29(35)21-17-25(32)26(34)18-21/h6-11,16,21,25-27,34,36H,3-5,12-15,17-19,32H2,1-2H3/t21-,25+,26-,27?,30+/m0/s1. The first-order valence-corrected chi connectivity index (χ1v) is 13.9. The van der Waals surface area contributed by atoms with Crippen LogP contribution in [0, 0.1) is 11.7 Å². The average molecular weight is 545 g/mol. The summed E-state index contributed by atoms with van der Waals surface area (Å²) in [5, 5.41) is 22.5. The highest BCUT2D eigenvalue weighted by atomic mass is 19.1. The Morgan fingerprint density at radius 3 is 2.74 bits per heavy atom. The minimum Gasteiger partial charge on any atom is -0.494 e. The van der Waals surface area contributed by atoms with Crippen LogP contribution in [0.3, 0.4) is 0 Å². The third-order valence-corrected chi connectivity index (χ3v) is 7.91. The van der Waals surface area contributed by atoms with Gasteiger partial charge in [-0.2, -0.15) is 0 Å². The quantitative estimate of drug-likeness (QED) is 0.372. The SMILES string of the molecule is CCOc1cccc(-c2c(F)cccc2[C@](O)(CCCCOC)C2CN(C(=O)[C@H]3C[C@@H](N)[C@@H](O)C3)CCO2)c1. The maximum Gasteiger partial charge on any atom is 0.226 e. The normalized spacial score (nSPS) is 24.9. The van der Waals surface area contributed by atoms with Crippen LogP contribution < -0.4 is 10.5 Å². The van der Waals surface area contributed by atoms with Gasteiger partial charge in [-0.15, -0.1) is 0 Å². The zero-order chi connectivity index (χ0) is 28.0. The first-order chi connectivity index (χ1) is 18.8. The van der Waals surface area contributed by atoms with Crippen LogP contribution in [-0.2, 0) is 19.9 Å². The summed E-state index contributed by atoms with van der Waals surface area (Å²) in [5.74, 6) is -0.319. The molecule has 1 saturated carbocycles. The number of carbonyl (C=O) groups is 1. The molecular weight excluding hydrogens is 503 g/mol. The molecule has 4 rings (SSSR count). The van der Waals surface area contributed by atoms with E-state index in [2.05, 4.69) is 0 Å². The van der Waals surface area contributed by atoms with E-state index in [1.807, 2.05) is 13.0 Å². The topological polar surface area (TPSA) is 114 Å². The van der Waals surface area contributed by atoms with Crippen molar-refractivity contribution in [3.63, 3.8) is 0 Å². The lowest BCUT2D eigenvalue weighted by atomic mass is 9.78. The molecule has 2 aromatic carbocycles. The third kappa shape index (κ3) is 6.61. The molecule has 9 heteroatoms. The van der Waals surface area contributed by atoms with Crippen molar-refractivity contribution < 1.29 is 33.6 Å². The second-order valence-electron chi connectivity index (χ2n) is 10.5. The first kappa shape index (κ1) is 29.4. The van der Waals surface area contributed by atoms with Gasteiger partial charge in [0.05, 0.1) is 25.9 Å². The number of amides is 1. The van der Waals surface area contributed by atoms with Gasteiger partial charge in [0.25, 0.3) is 0 Å². The van der Waals surface area contributed by atoms with Crippen molar-refractivity contribution in [1.82, 2.24) is 4.90 Å². The van der Waals surface area contributed by atoms with Crippen LogP contribution >= 0.6 is 0 Å². The van der Waals surface area contributed by atoms with Crippen molar-refractivity contribution in [2.24, 2.45) is 11.7 Å². The number of nitrogens with zero attached hydrogens (tertiary/aromatic N) is 1. The van der Waals surface area contributed by atoms with Crippen LogP contribution in [-0.4, -0.2) is 79.3 Å². The van der Waals surface area contributed by atoms with Crippen LogP contribution in [0.4, 0.5) is 4.39 Å². The minimum absolute atomic E-state index is 0.0964. The molecule has 0 bridgehead atoms. The molecule has 5 atom stereocenters. The first-order valence-electron chi connectivity index (χ1n) is 13.9. The Morgan fingerprint density at radius 2 is 2.03 bits per heavy atom. The molecule has 2 fully saturated rings. The summed E-state index contributed by atoms with van der Waals surface area (Å²) >= 11 is 0. The van der Waals surface area contributed by atoms with E-state index in [4.69, 9.17) is 19.9 Å². The average Bonchev–Trinajstić information content (AvgIpc) is 3.28. The number of morpholine rings is 1. The predicted octanol–water partition coefficient (Wildman–Crippen LogP) is 3.22. The van der Waals surface area contributed by atoms with E-state index in [9.17, 15) is 15.0 Å². The number of halogens is 1. The van der Waals surface area contributed by atoms with Gasteiger partial charge in [0.15, 0.2) is 0 Å². The highest BCUT2D eigenvalue weighted by Crippen LogP contribution is 2.42.